The van der Waals surface area contributed by atoms with Crippen LogP contribution < -0.4 is 10.6 Å². The Labute approximate surface area is 107 Å². The Kier molecular flexibility index (Phi) is 6.67. The number of amides is 1. The van der Waals surface area contributed by atoms with Crippen LogP contribution in [-0.4, -0.2) is 49.3 Å². The van der Waals surface area contributed by atoms with E-state index in [1.165, 1.54) is 7.11 Å². The monoisotopic (exact) mass is 258 g/mol. The normalized spacial score (nSPS) is 21.9. The maximum absolute atomic E-state index is 11.9. The van der Waals surface area contributed by atoms with E-state index in [-0.39, 0.29) is 24.9 Å². The lowest BCUT2D eigenvalue weighted by Gasteiger charge is -2.18. The van der Waals surface area contributed by atoms with Gasteiger partial charge in [-0.1, -0.05) is 12.8 Å². The highest BCUT2D eigenvalue weighted by molar-refractivity contribution is 5.81. The van der Waals surface area contributed by atoms with Gasteiger partial charge in [0.2, 0.25) is 5.91 Å². The number of ether oxygens (including phenoxy) is 1. The van der Waals surface area contributed by atoms with Gasteiger partial charge >= 0.3 is 5.97 Å². The summed E-state index contributed by atoms with van der Waals surface area (Å²) in [6.45, 7) is 1.10. The Morgan fingerprint density at radius 3 is 2.89 bits per heavy atom. The summed E-state index contributed by atoms with van der Waals surface area (Å²) in [6.07, 6.45) is 3.56. The van der Waals surface area contributed by atoms with Gasteiger partial charge in [0.25, 0.3) is 0 Å². The first-order valence-electron chi connectivity index (χ1n) is 6.39. The van der Waals surface area contributed by atoms with Crippen LogP contribution in [0.1, 0.15) is 32.1 Å². The fourth-order valence-electron chi connectivity index (χ4n) is 2.02. The van der Waals surface area contributed by atoms with Gasteiger partial charge in [-0.05, 0) is 19.4 Å². The number of hydrogen-bond acceptors (Lipinski definition) is 4. The molecule has 1 heterocycles. The highest BCUT2D eigenvalue weighted by Crippen LogP contribution is 2.08. The third-order valence-corrected chi connectivity index (χ3v) is 3.12. The van der Waals surface area contributed by atoms with Crippen LogP contribution in [0.5, 0.6) is 0 Å². The van der Waals surface area contributed by atoms with Crippen molar-refractivity contribution in [2.45, 2.75) is 44.2 Å². The second-order valence-electron chi connectivity index (χ2n) is 4.56. The number of methoxy groups -OCH3 is 1. The molecule has 18 heavy (non-hydrogen) atoms. The van der Waals surface area contributed by atoms with Crippen molar-refractivity contribution in [1.29, 1.82) is 0 Å². The van der Waals surface area contributed by atoms with E-state index in [0.717, 1.165) is 32.2 Å². The molecule has 1 aliphatic heterocycles. The molecule has 0 aliphatic carbocycles. The van der Waals surface area contributed by atoms with Crippen LogP contribution >= 0.6 is 0 Å². The maximum atomic E-state index is 11.9. The summed E-state index contributed by atoms with van der Waals surface area (Å²) in [5, 5.41) is 14.6. The zero-order valence-corrected chi connectivity index (χ0v) is 10.8. The number of aliphatic carboxylic acids is 1. The van der Waals surface area contributed by atoms with Crippen molar-refractivity contribution in [3.8, 4) is 0 Å². The third-order valence-electron chi connectivity index (χ3n) is 3.12. The first kappa shape index (κ1) is 14.9. The number of carboxylic acids is 1. The second kappa shape index (κ2) is 8.05. The zero-order valence-electron chi connectivity index (χ0n) is 10.8. The largest absolute Gasteiger partial charge is 0.481 e. The molecule has 3 N–H and O–H groups in total. The Morgan fingerprint density at radius 1 is 1.44 bits per heavy atom. The van der Waals surface area contributed by atoms with Gasteiger partial charge in [0.15, 0.2) is 0 Å². The van der Waals surface area contributed by atoms with E-state index >= 15 is 0 Å². The summed E-state index contributed by atoms with van der Waals surface area (Å²) < 4.78 is 5.01. The SMILES string of the molecule is COC(CNC(=O)C1CCCCCN1)CC(=O)O. The highest BCUT2D eigenvalue weighted by Gasteiger charge is 2.20. The summed E-state index contributed by atoms with van der Waals surface area (Å²) in [6, 6.07) is -0.158. The molecule has 2 unspecified atom stereocenters. The third kappa shape index (κ3) is 5.46. The summed E-state index contributed by atoms with van der Waals surface area (Å²) in [7, 11) is 1.45. The Morgan fingerprint density at radius 2 is 2.22 bits per heavy atom. The van der Waals surface area contributed by atoms with Crippen molar-refractivity contribution < 1.29 is 19.4 Å². The van der Waals surface area contributed by atoms with Crippen molar-refractivity contribution in [1.82, 2.24) is 10.6 Å². The van der Waals surface area contributed by atoms with E-state index in [2.05, 4.69) is 10.6 Å². The summed E-state index contributed by atoms with van der Waals surface area (Å²) in [4.78, 5) is 22.4. The van der Waals surface area contributed by atoms with Gasteiger partial charge in [-0.3, -0.25) is 9.59 Å². The van der Waals surface area contributed by atoms with Crippen molar-refractivity contribution in [3.63, 3.8) is 0 Å². The van der Waals surface area contributed by atoms with E-state index in [1.54, 1.807) is 0 Å². The average molecular weight is 258 g/mol. The van der Waals surface area contributed by atoms with E-state index < -0.39 is 12.1 Å². The summed E-state index contributed by atoms with van der Waals surface area (Å²) in [5.41, 5.74) is 0. The van der Waals surface area contributed by atoms with Gasteiger partial charge in [-0.25, -0.2) is 0 Å². The fraction of sp³-hybridized carbons (Fsp3) is 0.833. The minimum Gasteiger partial charge on any atom is -0.481 e. The minimum atomic E-state index is -0.927. The minimum absolute atomic E-state index is 0.0654. The first-order chi connectivity index (χ1) is 8.63. The Balaban J connectivity index is 2.31. The molecule has 0 aromatic heterocycles. The molecule has 0 radical (unpaired) electrons. The molecule has 1 rings (SSSR count). The van der Waals surface area contributed by atoms with Crippen molar-refractivity contribution in [2.24, 2.45) is 0 Å². The van der Waals surface area contributed by atoms with Crippen LogP contribution in [0.15, 0.2) is 0 Å². The lowest BCUT2D eigenvalue weighted by Crippen LogP contribution is -2.46. The molecule has 1 saturated heterocycles. The van der Waals surface area contributed by atoms with Gasteiger partial charge in [-0.15, -0.1) is 0 Å². The van der Waals surface area contributed by atoms with Crippen molar-refractivity contribution in [3.05, 3.63) is 0 Å². The van der Waals surface area contributed by atoms with Crippen LogP contribution in [0, 0.1) is 0 Å². The van der Waals surface area contributed by atoms with E-state index in [1.807, 2.05) is 0 Å². The molecule has 1 aliphatic rings. The van der Waals surface area contributed by atoms with E-state index in [0.29, 0.717) is 0 Å². The predicted octanol–water partition coefficient (Wildman–Crippen LogP) is 0.125. The molecule has 2 atom stereocenters. The lowest BCUT2D eigenvalue weighted by molar-refractivity contribution is -0.140. The van der Waals surface area contributed by atoms with Gasteiger partial charge in [0.1, 0.15) is 0 Å². The maximum Gasteiger partial charge on any atom is 0.306 e. The van der Waals surface area contributed by atoms with Crippen molar-refractivity contribution >= 4 is 11.9 Å². The van der Waals surface area contributed by atoms with E-state index in [4.69, 9.17) is 9.84 Å². The molecular formula is C12H22N2O4. The number of carbonyl (C=O) groups is 2. The molecular weight excluding hydrogens is 236 g/mol. The summed E-state index contributed by atoms with van der Waals surface area (Å²) >= 11 is 0. The lowest BCUT2D eigenvalue weighted by atomic mass is 10.1. The number of carbonyl (C=O) groups excluding carboxylic acids is 1. The predicted molar refractivity (Wildman–Crippen MR) is 66.3 cm³/mol. The average Bonchev–Trinajstić information content (AvgIpc) is 2.62. The van der Waals surface area contributed by atoms with Gasteiger partial charge in [0, 0.05) is 13.7 Å². The molecule has 0 bridgehead atoms. The number of carboxylic acid groups (broad SMARTS) is 1. The second-order valence-corrected chi connectivity index (χ2v) is 4.56. The number of rotatable bonds is 6. The standard InChI is InChI=1S/C12H22N2O4/c1-18-9(7-11(15)16)8-14-12(17)10-5-3-2-4-6-13-10/h9-10,13H,2-8H2,1H3,(H,14,17)(H,15,16). The Hall–Kier alpha value is -1.14. The summed E-state index contributed by atoms with van der Waals surface area (Å²) in [5.74, 6) is -0.993. The molecule has 0 aromatic rings. The smallest absolute Gasteiger partial charge is 0.306 e. The molecule has 0 aromatic carbocycles. The van der Waals surface area contributed by atoms with E-state index in [9.17, 15) is 9.59 Å². The highest BCUT2D eigenvalue weighted by atomic mass is 16.5. The zero-order chi connectivity index (χ0) is 13.4. The molecule has 1 amide bonds. The number of nitrogens with one attached hydrogen (secondary N) is 2. The van der Waals surface area contributed by atoms with Gasteiger partial charge < -0.3 is 20.5 Å². The topological polar surface area (TPSA) is 87.7 Å². The van der Waals surface area contributed by atoms with Crippen molar-refractivity contribution in [2.75, 3.05) is 20.2 Å². The van der Waals surface area contributed by atoms with Crippen LogP contribution in [-0.2, 0) is 14.3 Å². The van der Waals surface area contributed by atoms with Crippen LogP contribution in [0.3, 0.4) is 0 Å². The van der Waals surface area contributed by atoms with Gasteiger partial charge in [-0.2, -0.15) is 0 Å². The molecule has 0 saturated carbocycles. The Bertz CT molecular complexity index is 275. The van der Waals surface area contributed by atoms with Gasteiger partial charge in [0.05, 0.1) is 18.6 Å². The van der Waals surface area contributed by atoms with Crippen LogP contribution in [0.4, 0.5) is 0 Å². The fourth-order valence-corrected chi connectivity index (χ4v) is 2.02. The van der Waals surface area contributed by atoms with Crippen LogP contribution in [0.2, 0.25) is 0 Å². The molecule has 6 heteroatoms. The number of hydrogen-bond donors (Lipinski definition) is 3. The first-order valence-corrected chi connectivity index (χ1v) is 6.39. The molecule has 104 valence electrons. The molecule has 0 spiro atoms. The molecule has 1 fully saturated rings. The van der Waals surface area contributed by atoms with Crippen LogP contribution in [0.25, 0.3) is 0 Å². The molecule has 6 nitrogen and oxygen atoms in total. The quantitative estimate of drug-likeness (QED) is 0.630.